The van der Waals surface area contributed by atoms with Gasteiger partial charge in [-0.15, -0.1) is 0 Å². The summed E-state index contributed by atoms with van der Waals surface area (Å²) in [7, 11) is -3.18. The van der Waals surface area contributed by atoms with Gasteiger partial charge in [0, 0.05) is 31.1 Å². The molecule has 2 aromatic carbocycles. The Kier molecular flexibility index (Phi) is 7.00. The van der Waals surface area contributed by atoms with Crippen molar-refractivity contribution in [2.24, 2.45) is 0 Å². The topological polar surface area (TPSA) is 135 Å². The minimum Gasteiger partial charge on any atom is -0.465 e. The monoisotopic (exact) mass is 515 g/mol. The van der Waals surface area contributed by atoms with Crippen LogP contribution in [0.1, 0.15) is 23.0 Å². The van der Waals surface area contributed by atoms with Gasteiger partial charge in [0.15, 0.2) is 0 Å². The molecule has 1 aromatic heterocycles. The number of hydrogen-bond acceptors (Lipinski definition) is 8. The Balaban J connectivity index is 1.84. The van der Waals surface area contributed by atoms with E-state index in [1.165, 1.54) is 61.4 Å². The number of carbonyl (C=O) groups is 3. The first-order valence-electron chi connectivity index (χ1n) is 11.0. The number of amides is 3. The number of furan rings is 1. The van der Waals surface area contributed by atoms with Gasteiger partial charge in [0.2, 0.25) is 5.91 Å². The number of morpholine rings is 1. The summed E-state index contributed by atoms with van der Waals surface area (Å²) in [5.74, 6) is -0.651. The molecule has 3 amide bonds. The van der Waals surface area contributed by atoms with Crippen LogP contribution in [-0.4, -0.2) is 64.6 Å². The van der Waals surface area contributed by atoms with Crippen LogP contribution in [0.15, 0.2) is 51.8 Å². The number of urea groups is 1. The van der Waals surface area contributed by atoms with Gasteiger partial charge in [-0.2, -0.15) is 4.31 Å². The lowest BCUT2D eigenvalue weighted by Crippen LogP contribution is -2.50. The molecular formula is C24H25N3O8S. The number of methoxy groups -OCH3 is 1. The van der Waals surface area contributed by atoms with E-state index in [1.807, 2.05) is 0 Å². The van der Waals surface area contributed by atoms with E-state index in [0.717, 1.165) is 0 Å². The first-order valence-corrected chi connectivity index (χ1v) is 12.5. The number of hydrogen-bond donors (Lipinski definition) is 1. The van der Waals surface area contributed by atoms with E-state index in [0.29, 0.717) is 26.7 Å². The van der Waals surface area contributed by atoms with Crippen molar-refractivity contribution >= 4 is 50.3 Å². The Bertz CT molecular complexity index is 1420. The van der Waals surface area contributed by atoms with Gasteiger partial charge < -0.3 is 24.1 Å². The molecule has 0 aliphatic carbocycles. The lowest BCUT2D eigenvalue weighted by atomic mass is 10.1. The summed E-state index contributed by atoms with van der Waals surface area (Å²) in [4.78, 5) is 38.5. The van der Waals surface area contributed by atoms with E-state index in [-0.39, 0.29) is 48.4 Å². The van der Waals surface area contributed by atoms with Gasteiger partial charge in [0.1, 0.15) is 16.9 Å². The number of fused-ring (bicyclic) bond motifs is 1. The van der Waals surface area contributed by atoms with Crippen LogP contribution in [0, 0.1) is 6.92 Å². The van der Waals surface area contributed by atoms with Crippen molar-refractivity contribution in [1.82, 2.24) is 4.90 Å². The molecule has 2 heterocycles. The van der Waals surface area contributed by atoms with Crippen molar-refractivity contribution in [3.63, 3.8) is 0 Å². The molecule has 1 fully saturated rings. The van der Waals surface area contributed by atoms with Crippen molar-refractivity contribution in [1.29, 1.82) is 0 Å². The second-order valence-corrected chi connectivity index (χ2v) is 9.85. The van der Waals surface area contributed by atoms with Crippen LogP contribution in [0.4, 0.5) is 16.2 Å². The normalized spacial score (nSPS) is 13.9. The van der Waals surface area contributed by atoms with Gasteiger partial charge in [-0.25, -0.2) is 18.0 Å². The summed E-state index contributed by atoms with van der Waals surface area (Å²) in [6, 6.07) is 9.07. The Hall–Kier alpha value is -3.90. The molecule has 3 aromatic rings. The Morgan fingerprint density at radius 2 is 1.72 bits per heavy atom. The van der Waals surface area contributed by atoms with Crippen LogP contribution < -0.4 is 9.62 Å². The molecule has 1 aliphatic rings. The quantitative estimate of drug-likeness (QED) is 0.512. The fourth-order valence-electron chi connectivity index (χ4n) is 3.94. The van der Waals surface area contributed by atoms with Crippen LogP contribution in [0.5, 0.6) is 0 Å². The molecule has 0 saturated carbocycles. The lowest BCUT2D eigenvalue weighted by molar-refractivity contribution is -0.114. The highest BCUT2D eigenvalue weighted by Gasteiger charge is 2.35. The molecule has 0 atom stereocenters. The summed E-state index contributed by atoms with van der Waals surface area (Å²) >= 11 is 0. The van der Waals surface area contributed by atoms with Crippen molar-refractivity contribution in [2.45, 2.75) is 18.7 Å². The number of anilines is 2. The van der Waals surface area contributed by atoms with Crippen molar-refractivity contribution < 1.29 is 36.7 Å². The number of rotatable bonds is 5. The SMILES string of the molecule is COC(=O)c1c(C)oc2ccc(N(C(=O)N3CCOCC3)S(=O)(=O)c3ccc(NC(C)=O)cc3)cc12. The first kappa shape index (κ1) is 25.2. The molecule has 11 nitrogen and oxygen atoms in total. The Morgan fingerprint density at radius 1 is 1.06 bits per heavy atom. The largest absolute Gasteiger partial charge is 0.465 e. The third kappa shape index (κ3) is 4.77. The third-order valence-electron chi connectivity index (χ3n) is 5.64. The minimum absolute atomic E-state index is 0.0240. The number of ether oxygens (including phenoxy) is 2. The van der Waals surface area contributed by atoms with Crippen LogP contribution in [0.25, 0.3) is 11.0 Å². The fraction of sp³-hybridized carbons (Fsp3) is 0.292. The number of nitrogens with zero attached hydrogens (tertiary/aromatic N) is 2. The van der Waals surface area contributed by atoms with E-state index < -0.39 is 22.0 Å². The molecule has 0 bridgehead atoms. The van der Waals surface area contributed by atoms with Gasteiger partial charge in [0.05, 0.1) is 30.9 Å². The average Bonchev–Trinajstić information content (AvgIpc) is 3.19. The summed E-state index contributed by atoms with van der Waals surface area (Å²) in [6.07, 6.45) is 0. The zero-order valence-electron chi connectivity index (χ0n) is 19.9. The summed E-state index contributed by atoms with van der Waals surface area (Å²) in [6.45, 7) is 3.91. The molecule has 1 saturated heterocycles. The highest BCUT2D eigenvalue weighted by molar-refractivity contribution is 7.93. The smallest absolute Gasteiger partial charge is 0.342 e. The molecule has 12 heteroatoms. The van der Waals surface area contributed by atoms with E-state index in [1.54, 1.807) is 6.92 Å². The number of nitrogens with one attached hydrogen (secondary N) is 1. The summed E-state index contributed by atoms with van der Waals surface area (Å²) in [5.41, 5.74) is 0.916. The van der Waals surface area contributed by atoms with Crippen LogP contribution in [-0.2, 0) is 24.3 Å². The Morgan fingerprint density at radius 3 is 2.33 bits per heavy atom. The third-order valence-corrected chi connectivity index (χ3v) is 7.36. The van der Waals surface area contributed by atoms with Gasteiger partial charge >= 0.3 is 12.0 Å². The molecule has 0 unspecified atom stereocenters. The van der Waals surface area contributed by atoms with Crippen LogP contribution >= 0.6 is 0 Å². The molecular weight excluding hydrogens is 490 g/mol. The number of carbonyl (C=O) groups excluding carboxylic acids is 3. The van der Waals surface area contributed by atoms with Crippen molar-refractivity contribution in [3.8, 4) is 0 Å². The summed E-state index contributed by atoms with van der Waals surface area (Å²) in [5, 5.41) is 2.89. The second kappa shape index (κ2) is 9.99. The number of aryl methyl sites for hydroxylation is 1. The standard InChI is InChI=1S/C24H25N3O8S/c1-15-22(23(29)33-3)20-14-18(6-9-21(20)35-15)27(24(30)26-10-12-34-13-11-26)36(31,32)19-7-4-17(5-8-19)25-16(2)28/h4-9,14H,10-13H2,1-3H3,(H,25,28). The maximum Gasteiger partial charge on any atom is 0.342 e. The molecule has 36 heavy (non-hydrogen) atoms. The maximum absolute atomic E-state index is 13.8. The van der Waals surface area contributed by atoms with Gasteiger partial charge in [-0.1, -0.05) is 0 Å². The van der Waals surface area contributed by atoms with E-state index in [2.05, 4.69) is 5.32 Å². The molecule has 4 rings (SSSR count). The average molecular weight is 516 g/mol. The zero-order valence-corrected chi connectivity index (χ0v) is 20.8. The van der Waals surface area contributed by atoms with Crippen molar-refractivity contribution in [3.05, 3.63) is 53.8 Å². The number of esters is 1. The van der Waals surface area contributed by atoms with E-state index >= 15 is 0 Å². The zero-order chi connectivity index (χ0) is 26.0. The predicted octanol–water partition coefficient (Wildman–Crippen LogP) is 3.13. The molecule has 1 aliphatic heterocycles. The van der Waals surface area contributed by atoms with Gasteiger partial charge in [-0.3, -0.25) is 4.79 Å². The Labute approximate surface area is 207 Å². The number of sulfonamides is 1. The molecule has 0 radical (unpaired) electrons. The second-order valence-electron chi connectivity index (χ2n) is 8.06. The van der Waals surface area contributed by atoms with E-state index in [4.69, 9.17) is 13.9 Å². The van der Waals surface area contributed by atoms with Crippen LogP contribution in [0.2, 0.25) is 0 Å². The molecule has 1 N–H and O–H groups in total. The fourth-order valence-corrected chi connectivity index (χ4v) is 5.35. The first-order chi connectivity index (χ1) is 17.1. The van der Waals surface area contributed by atoms with Gasteiger partial charge in [0.25, 0.3) is 10.0 Å². The molecule has 190 valence electrons. The highest BCUT2D eigenvalue weighted by Crippen LogP contribution is 2.33. The van der Waals surface area contributed by atoms with Crippen LogP contribution in [0.3, 0.4) is 0 Å². The number of benzene rings is 2. The predicted molar refractivity (Wildman–Crippen MR) is 130 cm³/mol. The summed E-state index contributed by atoms with van der Waals surface area (Å²) < 4.78 is 44.1. The lowest BCUT2D eigenvalue weighted by Gasteiger charge is -2.32. The van der Waals surface area contributed by atoms with Crippen molar-refractivity contribution in [2.75, 3.05) is 43.0 Å². The maximum atomic E-state index is 13.8. The van der Waals surface area contributed by atoms with Gasteiger partial charge in [-0.05, 0) is 49.4 Å². The minimum atomic E-state index is -4.41. The highest BCUT2D eigenvalue weighted by atomic mass is 32.2. The van der Waals surface area contributed by atoms with E-state index in [9.17, 15) is 22.8 Å². The molecule has 0 spiro atoms.